The van der Waals surface area contributed by atoms with Crippen LogP contribution in [0.3, 0.4) is 0 Å². The Kier molecular flexibility index (Phi) is 5.41. The van der Waals surface area contributed by atoms with Crippen LogP contribution in [0.25, 0.3) is 16.6 Å². The van der Waals surface area contributed by atoms with E-state index in [4.69, 9.17) is 0 Å². The summed E-state index contributed by atoms with van der Waals surface area (Å²) in [7, 11) is 1.77. The normalized spacial score (nSPS) is 11.0. The van der Waals surface area contributed by atoms with Gasteiger partial charge in [-0.25, -0.2) is 4.98 Å². The van der Waals surface area contributed by atoms with E-state index >= 15 is 0 Å². The number of amides is 1. The number of hydrogen-bond donors (Lipinski definition) is 1. The molecule has 1 N–H and O–H groups in total. The highest BCUT2D eigenvalue weighted by Gasteiger charge is 2.16. The molecule has 0 saturated carbocycles. The molecule has 0 aliphatic rings. The maximum Gasteiger partial charge on any atom is 0.266 e. The molecule has 0 atom stereocenters. The second-order valence-electron chi connectivity index (χ2n) is 6.97. The third-order valence-electron chi connectivity index (χ3n) is 4.70. The van der Waals surface area contributed by atoms with Crippen molar-refractivity contribution in [1.29, 1.82) is 0 Å². The molecule has 152 valence electrons. The number of aromatic nitrogens is 4. The number of hydrogen-bond acceptors (Lipinski definition) is 5. The fraction of sp³-hybridized carbons (Fsp3) is 0.182. The molecule has 4 aromatic rings. The first-order valence-corrected chi connectivity index (χ1v) is 10.4. The molecule has 2 aromatic heterocycles. The van der Waals surface area contributed by atoms with Gasteiger partial charge in [-0.3, -0.25) is 18.8 Å². The molecule has 2 aromatic carbocycles. The van der Waals surface area contributed by atoms with E-state index in [-0.39, 0.29) is 17.2 Å². The minimum absolute atomic E-state index is 0.112. The maximum atomic E-state index is 13.3. The van der Waals surface area contributed by atoms with Crippen LogP contribution in [0, 0.1) is 13.8 Å². The molecule has 7 nitrogen and oxygen atoms in total. The molecule has 8 heteroatoms. The maximum absolute atomic E-state index is 13.3. The summed E-state index contributed by atoms with van der Waals surface area (Å²) in [6.45, 7) is 3.81. The number of para-hydroxylation sites is 2. The first-order chi connectivity index (χ1) is 14.4. The zero-order valence-electron chi connectivity index (χ0n) is 16.9. The Labute approximate surface area is 177 Å². The lowest BCUT2D eigenvalue weighted by atomic mass is 10.2. The lowest BCUT2D eigenvalue weighted by molar-refractivity contribution is -0.113. The van der Waals surface area contributed by atoms with Crippen molar-refractivity contribution in [3.8, 4) is 5.69 Å². The van der Waals surface area contributed by atoms with Crippen molar-refractivity contribution in [2.75, 3.05) is 11.1 Å². The number of carbonyl (C=O) groups is 1. The fourth-order valence-corrected chi connectivity index (χ4v) is 4.08. The molecule has 0 aliphatic carbocycles. The average Bonchev–Trinajstić information content (AvgIpc) is 3.04. The van der Waals surface area contributed by atoms with E-state index in [0.717, 1.165) is 16.9 Å². The Morgan fingerprint density at radius 2 is 1.83 bits per heavy atom. The van der Waals surface area contributed by atoms with Gasteiger partial charge in [0.1, 0.15) is 5.82 Å². The van der Waals surface area contributed by atoms with Gasteiger partial charge in [-0.05, 0) is 37.6 Å². The molecule has 0 unspecified atom stereocenters. The Bertz CT molecular complexity index is 1310. The predicted octanol–water partition coefficient (Wildman–Crippen LogP) is 3.47. The number of anilines is 1. The van der Waals surface area contributed by atoms with Crippen LogP contribution >= 0.6 is 11.8 Å². The third kappa shape index (κ3) is 3.86. The smallest absolute Gasteiger partial charge is 0.266 e. The van der Waals surface area contributed by atoms with Crippen molar-refractivity contribution < 1.29 is 4.79 Å². The Balaban J connectivity index is 1.70. The van der Waals surface area contributed by atoms with Gasteiger partial charge in [-0.15, -0.1) is 0 Å². The van der Waals surface area contributed by atoms with Gasteiger partial charge < -0.3 is 5.32 Å². The lowest BCUT2D eigenvalue weighted by Crippen LogP contribution is -2.23. The number of rotatable bonds is 5. The molecule has 0 bridgehead atoms. The van der Waals surface area contributed by atoms with Crippen LogP contribution in [0.1, 0.15) is 11.3 Å². The summed E-state index contributed by atoms with van der Waals surface area (Å²) in [5, 5.41) is 8.10. The first-order valence-electron chi connectivity index (χ1n) is 9.45. The summed E-state index contributed by atoms with van der Waals surface area (Å²) in [6.07, 6.45) is 0. The van der Waals surface area contributed by atoms with Crippen LogP contribution in [0.2, 0.25) is 0 Å². The van der Waals surface area contributed by atoms with Crippen LogP contribution in [-0.4, -0.2) is 31.0 Å². The van der Waals surface area contributed by atoms with E-state index in [1.807, 2.05) is 56.3 Å². The summed E-state index contributed by atoms with van der Waals surface area (Å²) in [4.78, 5) is 30.5. The number of nitrogens with zero attached hydrogens (tertiary/aromatic N) is 4. The average molecular weight is 420 g/mol. The Morgan fingerprint density at radius 1 is 1.10 bits per heavy atom. The van der Waals surface area contributed by atoms with Gasteiger partial charge in [0.05, 0.1) is 28.0 Å². The number of benzene rings is 2. The monoisotopic (exact) mass is 419 g/mol. The van der Waals surface area contributed by atoms with Crippen molar-refractivity contribution >= 4 is 34.4 Å². The topological polar surface area (TPSA) is 81.8 Å². The van der Waals surface area contributed by atoms with Gasteiger partial charge in [-0.2, -0.15) is 5.10 Å². The number of fused-ring (bicyclic) bond motifs is 1. The SMILES string of the molecule is Cc1cc(NC(=O)CSc2nc3ccccc3c(=O)n2-c2ccccc2C)n(C)n1. The highest BCUT2D eigenvalue weighted by atomic mass is 32.2. The number of carbonyl (C=O) groups excluding carboxylic acids is 1. The van der Waals surface area contributed by atoms with Crippen molar-refractivity contribution in [3.63, 3.8) is 0 Å². The van der Waals surface area contributed by atoms with E-state index in [2.05, 4.69) is 15.4 Å². The first kappa shape index (κ1) is 19.9. The highest BCUT2D eigenvalue weighted by molar-refractivity contribution is 7.99. The molecule has 1 amide bonds. The zero-order chi connectivity index (χ0) is 21.3. The van der Waals surface area contributed by atoms with Crippen molar-refractivity contribution in [2.45, 2.75) is 19.0 Å². The minimum atomic E-state index is -0.193. The largest absolute Gasteiger partial charge is 0.310 e. The molecular weight excluding hydrogens is 398 g/mol. The summed E-state index contributed by atoms with van der Waals surface area (Å²) >= 11 is 1.23. The quantitative estimate of drug-likeness (QED) is 0.396. The predicted molar refractivity (Wildman–Crippen MR) is 119 cm³/mol. The van der Waals surface area contributed by atoms with Gasteiger partial charge >= 0.3 is 0 Å². The van der Waals surface area contributed by atoms with E-state index in [0.29, 0.717) is 21.9 Å². The summed E-state index contributed by atoms with van der Waals surface area (Å²) in [5.41, 5.74) is 2.99. The van der Waals surface area contributed by atoms with Gasteiger partial charge in [0, 0.05) is 13.1 Å². The molecule has 4 rings (SSSR count). The van der Waals surface area contributed by atoms with Gasteiger partial charge in [0.15, 0.2) is 5.16 Å². The molecule has 0 saturated heterocycles. The van der Waals surface area contributed by atoms with Crippen LogP contribution in [-0.2, 0) is 11.8 Å². The highest BCUT2D eigenvalue weighted by Crippen LogP contribution is 2.23. The molecule has 2 heterocycles. The molecule has 0 aliphatic heterocycles. The molecule has 0 spiro atoms. The van der Waals surface area contributed by atoms with E-state index in [1.54, 1.807) is 28.4 Å². The van der Waals surface area contributed by atoms with E-state index in [9.17, 15) is 9.59 Å². The summed E-state index contributed by atoms with van der Waals surface area (Å²) in [6, 6.07) is 16.7. The Hall–Kier alpha value is -3.39. The summed E-state index contributed by atoms with van der Waals surface area (Å²) in [5.74, 6) is 0.545. The second kappa shape index (κ2) is 8.16. The van der Waals surface area contributed by atoms with Crippen molar-refractivity contribution in [1.82, 2.24) is 19.3 Å². The zero-order valence-corrected chi connectivity index (χ0v) is 17.7. The molecule has 0 radical (unpaired) electrons. The van der Waals surface area contributed by atoms with E-state index in [1.165, 1.54) is 11.8 Å². The Morgan fingerprint density at radius 3 is 2.57 bits per heavy atom. The van der Waals surface area contributed by atoms with Crippen LogP contribution in [0.4, 0.5) is 5.82 Å². The molecular formula is C22H21N5O2S. The number of nitrogens with one attached hydrogen (secondary N) is 1. The van der Waals surface area contributed by atoms with Crippen molar-refractivity contribution in [3.05, 3.63) is 76.2 Å². The number of thioether (sulfide) groups is 1. The van der Waals surface area contributed by atoms with Crippen LogP contribution < -0.4 is 10.9 Å². The molecule has 0 fully saturated rings. The molecule has 30 heavy (non-hydrogen) atoms. The van der Waals surface area contributed by atoms with Crippen LogP contribution in [0.5, 0.6) is 0 Å². The number of aryl methyl sites for hydroxylation is 3. The van der Waals surface area contributed by atoms with Gasteiger partial charge in [-0.1, -0.05) is 42.1 Å². The van der Waals surface area contributed by atoms with Gasteiger partial charge in [0.2, 0.25) is 5.91 Å². The minimum Gasteiger partial charge on any atom is -0.310 e. The third-order valence-corrected chi connectivity index (χ3v) is 5.64. The van der Waals surface area contributed by atoms with Gasteiger partial charge in [0.25, 0.3) is 5.56 Å². The van der Waals surface area contributed by atoms with E-state index < -0.39 is 0 Å². The summed E-state index contributed by atoms with van der Waals surface area (Å²) < 4.78 is 3.21. The van der Waals surface area contributed by atoms with Crippen molar-refractivity contribution in [2.24, 2.45) is 7.05 Å². The second-order valence-corrected chi connectivity index (χ2v) is 7.91. The van der Waals surface area contributed by atoms with Crippen LogP contribution in [0.15, 0.2) is 64.5 Å². The fourth-order valence-electron chi connectivity index (χ4n) is 3.27. The lowest BCUT2D eigenvalue weighted by Gasteiger charge is -2.15. The standard InChI is InChI=1S/C22H21N5O2S/c1-14-8-4-7-11-18(14)27-21(29)16-9-5-6-10-17(16)23-22(27)30-13-20(28)24-19-12-15(2)25-26(19)3/h4-12H,13H2,1-3H3,(H,24,28).